The molecule has 1 saturated heterocycles. The fourth-order valence-electron chi connectivity index (χ4n) is 4.63. The Labute approximate surface area is 246 Å². The lowest BCUT2D eigenvalue weighted by molar-refractivity contribution is -0.136. The average molecular weight is 591 g/mol. The number of alkyl halides is 3. The predicted octanol–water partition coefficient (Wildman–Crippen LogP) is 5.69. The summed E-state index contributed by atoms with van der Waals surface area (Å²) in [7, 11) is 0. The highest BCUT2D eigenvalue weighted by atomic mass is 19.4. The summed E-state index contributed by atoms with van der Waals surface area (Å²) in [5, 5.41) is 2.44. The largest absolute Gasteiger partial charge is 0.444 e. The molecule has 2 amide bonds. The Morgan fingerprint density at radius 3 is 2.40 bits per heavy atom. The van der Waals surface area contributed by atoms with E-state index in [1.165, 1.54) is 41.6 Å². The van der Waals surface area contributed by atoms with Crippen LogP contribution < -0.4 is 10.2 Å². The molecule has 0 saturated carbocycles. The maximum atomic E-state index is 14.4. The van der Waals surface area contributed by atoms with Crippen LogP contribution in [0.25, 0.3) is 11.2 Å². The van der Waals surface area contributed by atoms with Gasteiger partial charge in [0.2, 0.25) is 0 Å². The average Bonchev–Trinajstić information content (AvgIpc) is 3.43. The normalized spacial score (nSPS) is 13.8. The number of fused-ring (bicyclic) bond motifs is 1. The molecule has 9 nitrogen and oxygen atoms in total. The van der Waals surface area contributed by atoms with Gasteiger partial charge in [0.05, 0.1) is 17.7 Å². The highest BCUT2D eigenvalue weighted by molar-refractivity contribution is 6.05. The zero-order chi connectivity index (χ0) is 30.8. The first kappa shape index (κ1) is 29.4. The number of anilines is 2. The van der Waals surface area contributed by atoms with E-state index in [4.69, 9.17) is 4.74 Å². The van der Waals surface area contributed by atoms with E-state index in [0.717, 1.165) is 0 Å². The van der Waals surface area contributed by atoms with Crippen LogP contribution in [0, 0.1) is 11.8 Å². The smallest absolute Gasteiger partial charge is 0.420 e. The summed E-state index contributed by atoms with van der Waals surface area (Å²) in [4.78, 5) is 39.9. The summed E-state index contributed by atoms with van der Waals surface area (Å²) < 4.78 is 48.6. The molecule has 0 bridgehead atoms. The molecule has 1 fully saturated rings. The number of nitrogens with zero attached hydrogens (tertiary/aromatic N) is 4. The molecule has 0 radical (unpaired) electrons. The maximum Gasteiger partial charge on any atom is 0.420 e. The van der Waals surface area contributed by atoms with Gasteiger partial charge in [-0.15, -0.1) is 0 Å². The molecule has 1 aliphatic rings. The SMILES string of the molecule is CC(C)(C)OC(=O)N1CCN(c2cccc(NC(=O)c3cccc(C#Cc4cnc5[nH]cnc5c4)c3)c2C(F)(F)F)CC1. The Balaban J connectivity index is 1.33. The molecule has 222 valence electrons. The van der Waals surface area contributed by atoms with Crippen LogP contribution in [-0.4, -0.2) is 63.6 Å². The van der Waals surface area contributed by atoms with Crippen molar-refractivity contribution < 1.29 is 27.5 Å². The molecule has 0 unspecified atom stereocenters. The highest BCUT2D eigenvalue weighted by Gasteiger charge is 2.39. The number of carbonyl (C=O) groups excluding carboxylic acids is 2. The molecular weight excluding hydrogens is 561 g/mol. The summed E-state index contributed by atoms with van der Waals surface area (Å²) >= 11 is 0. The number of rotatable bonds is 3. The van der Waals surface area contributed by atoms with Crippen molar-refractivity contribution in [2.45, 2.75) is 32.5 Å². The third-order valence-corrected chi connectivity index (χ3v) is 6.59. The second kappa shape index (κ2) is 11.7. The summed E-state index contributed by atoms with van der Waals surface area (Å²) in [5.74, 6) is 5.22. The number of ether oxygens (including phenoxy) is 1. The number of hydrogen-bond acceptors (Lipinski definition) is 6. The second-order valence-electron chi connectivity index (χ2n) is 10.9. The van der Waals surface area contributed by atoms with Crippen LogP contribution in [0.5, 0.6) is 0 Å². The number of amides is 2. The van der Waals surface area contributed by atoms with Crippen LogP contribution in [0.1, 0.15) is 47.8 Å². The van der Waals surface area contributed by atoms with E-state index >= 15 is 0 Å². The Hall–Kier alpha value is -5.05. The number of aromatic nitrogens is 3. The molecule has 0 spiro atoms. The van der Waals surface area contributed by atoms with Crippen LogP contribution >= 0.6 is 0 Å². The summed E-state index contributed by atoms with van der Waals surface area (Å²) in [6.45, 7) is 5.99. The summed E-state index contributed by atoms with van der Waals surface area (Å²) in [5.41, 5.74) is 0.500. The van der Waals surface area contributed by atoms with Gasteiger partial charge in [0.1, 0.15) is 16.7 Å². The molecule has 5 rings (SSSR count). The third kappa shape index (κ3) is 7.06. The minimum absolute atomic E-state index is 0.0729. The zero-order valence-corrected chi connectivity index (χ0v) is 23.7. The Bertz CT molecular complexity index is 1720. The van der Waals surface area contributed by atoms with Gasteiger partial charge < -0.3 is 24.8 Å². The fraction of sp³-hybridized carbons (Fsp3) is 0.290. The number of nitrogens with one attached hydrogen (secondary N) is 2. The van der Waals surface area contributed by atoms with E-state index in [2.05, 4.69) is 32.1 Å². The van der Waals surface area contributed by atoms with Crippen LogP contribution in [-0.2, 0) is 10.9 Å². The fourth-order valence-corrected chi connectivity index (χ4v) is 4.63. The number of piperazine rings is 1. The number of carbonyl (C=O) groups is 2. The lowest BCUT2D eigenvalue weighted by atomic mass is 10.1. The number of benzene rings is 2. The summed E-state index contributed by atoms with van der Waals surface area (Å²) in [6.07, 6.45) is -2.14. The number of H-pyrrole nitrogens is 1. The molecule has 43 heavy (non-hydrogen) atoms. The van der Waals surface area contributed by atoms with E-state index < -0.39 is 29.3 Å². The van der Waals surface area contributed by atoms with Crippen molar-refractivity contribution in [3.63, 3.8) is 0 Å². The van der Waals surface area contributed by atoms with Crippen LogP contribution in [0.3, 0.4) is 0 Å². The zero-order valence-electron chi connectivity index (χ0n) is 23.7. The maximum absolute atomic E-state index is 14.4. The van der Waals surface area contributed by atoms with E-state index in [-0.39, 0.29) is 43.1 Å². The molecule has 2 aromatic carbocycles. The molecule has 12 heteroatoms. The molecule has 1 aliphatic heterocycles. The van der Waals surface area contributed by atoms with Gasteiger partial charge in [0.15, 0.2) is 5.65 Å². The van der Waals surface area contributed by atoms with Crippen molar-refractivity contribution in [1.82, 2.24) is 19.9 Å². The van der Waals surface area contributed by atoms with Crippen molar-refractivity contribution in [3.05, 3.63) is 83.3 Å². The minimum Gasteiger partial charge on any atom is -0.444 e. The Kier molecular flexibility index (Phi) is 8.00. The molecular formula is C31H29F3N6O3. The van der Waals surface area contributed by atoms with Gasteiger partial charge in [-0.05, 0) is 57.2 Å². The van der Waals surface area contributed by atoms with Gasteiger partial charge in [-0.2, -0.15) is 13.2 Å². The molecule has 4 aromatic rings. The lowest BCUT2D eigenvalue weighted by Gasteiger charge is -2.38. The standard InChI is InChI=1S/C31H29F3N6O3/c1-30(2,3)43-29(42)40-14-12-39(13-15-40)25-9-5-8-23(26(25)31(32,33)34)38-28(41)22-7-4-6-20(16-22)10-11-21-17-24-27(35-18-21)37-19-36-24/h4-9,16-19H,12-15H2,1-3H3,(H,38,41)(H,35,36,37). The van der Waals surface area contributed by atoms with Crippen molar-refractivity contribution in [3.8, 4) is 11.8 Å². The Morgan fingerprint density at radius 2 is 1.67 bits per heavy atom. The monoisotopic (exact) mass is 590 g/mol. The van der Waals surface area contributed by atoms with Crippen molar-refractivity contribution in [1.29, 1.82) is 0 Å². The van der Waals surface area contributed by atoms with E-state index in [9.17, 15) is 22.8 Å². The van der Waals surface area contributed by atoms with Crippen LogP contribution in [0.2, 0.25) is 0 Å². The Morgan fingerprint density at radius 1 is 0.953 bits per heavy atom. The lowest BCUT2D eigenvalue weighted by Crippen LogP contribution is -2.50. The molecule has 0 atom stereocenters. The third-order valence-electron chi connectivity index (χ3n) is 6.59. The predicted molar refractivity (Wildman–Crippen MR) is 156 cm³/mol. The first-order chi connectivity index (χ1) is 20.4. The van der Waals surface area contributed by atoms with E-state index in [0.29, 0.717) is 22.3 Å². The van der Waals surface area contributed by atoms with Gasteiger partial charge >= 0.3 is 12.3 Å². The molecule has 2 N–H and O–H groups in total. The number of halogens is 3. The first-order valence-electron chi connectivity index (χ1n) is 13.5. The number of imidazole rings is 1. The van der Waals surface area contributed by atoms with Crippen molar-refractivity contribution in [2.75, 3.05) is 36.4 Å². The van der Waals surface area contributed by atoms with Crippen molar-refractivity contribution >= 4 is 34.5 Å². The molecule has 2 aromatic heterocycles. The van der Waals surface area contributed by atoms with E-state index in [1.807, 2.05) is 0 Å². The van der Waals surface area contributed by atoms with E-state index in [1.54, 1.807) is 50.1 Å². The molecule has 3 heterocycles. The van der Waals surface area contributed by atoms with Crippen LogP contribution in [0.4, 0.5) is 29.3 Å². The highest BCUT2D eigenvalue weighted by Crippen LogP contribution is 2.42. The first-order valence-corrected chi connectivity index (χ1v) is 13.5. The number of hydrogen-bond donors (Lipinski definition) is 2. The summed E-state index contributed by atoms with van der Waals surface area (Å²) in [6, 6.07) is 12.1. The van der Waals surface area contributed by atoms with Crippen molar-refractivity contribution in [2.24, 2.45) is 0 Å². The second-order valence-corrected chi connectivity index (χ2v) is 10.9. The van der Waals surface area contributed by atoms with Crippen LogP contribution in [0.15, 0.2) is 61.1 Å². The van der Waals surface area contributed by atoms with Gasteiger partial charge in [-0.1, -0.05) is 24.0 Å². The number of pyridine rings is 1. The topological polar surface area (TPSA) is 103 Å². The quantitative estimate of drug-likeness (QED) is 0.298. The van der Waals surface area contributed by atoms with Gasteiger partial charge in [-0.25, -0.2) is 14.8 Å². The van der Waals surface area contributed by atoms with Gasteiger partial charge in [0, 0.05) is 49.1 Å². The molecule has 0 aliphatic carbocycles. The minimum atomic E-state index is -4.75. The van der Waals surface area contributed by atoms with Gasteiger partial charge in [0.25, 0.3) is 5.91 Å². The number of aromatic amines is 1. The van der Waals surface area contributed by atoms with Gasteiger partial charge in [-0.3, -0.25) is 4.79 Å².